The van der Waals surface area contributed by atoms with E-state index in [0.717, 1.165) is 21.5 Å². The fourth-order valence-corrected chi connectivity index (χ4v) is 3.34. The molecule has 1 aromatic carbocycles. The molecule has 1 amide bonds. The van der Waals surface area contributed by atoms with Crippen molar-refractivity contribution < 1.29 is 19.0 Å². The molecule has 0 saturated heterocycles. The number of amides is 1. The number of benzene rings is 1. The van der Waals surface area contributed by atoms with Gasteiger partial charge in [-0.2, -0.15) is 4.99 Å². The van der Waals surface area contributed by atoms with E-state index in [0.29, 0.717) is 18.0 Å². The Bertz CT molecular complexity index is 832. The maximum absolute atomic E-state index is 12.2. The number of hydrogen-bond acceptors (Lipinski definition) is 5. The van der Waals surface area contributed by atoms with Crippen LogP contribution in [-0.4, -0.2) is 30.8 Å². The number of aromatic nitrogens is 1. The van der Waals surface area contributed by atoms with Crippen molar-refractivity contribution in [3.8, 4) is 5.75 Å². The molecule has 7 heteroatoms. The lowest BCUT2D eigenvalue weighted by molar-refractivity contribution is -0.119. The first-order valence-electron chi connectivity index (χ1n) is 6.78. The van der Waals surface area contributed by atoms with E-state index in [-0.39, 0.29) is 5.76 Å². The molecule has 1 aliphatic heterocycles. The monoisotopic (exact) mass is 320 g/mol. The van der Waals surface area contributed by atoms with Gasteiger partial charge >= 0.3 is 5.91 Å². The summed E-state index contributed by atoms with van der Waals surface area (Å²) in [5.41, 5.74) is 2.04. The third kappa shape index (κ3) is 2.48. The van der Waals surface area contributed by atoms with E-state index in [9.17, 15) is 4.79 Å². The van der Waals surface area contributed by atoms with Crippen LogP contribution < -0.4 is 9.54 Å². The molecule has 0 unspecified atom stereocenters. The van der Waals surface area contributed by atoms with Crippen LogP contribution in [0.3, 0.4) is 0 Å². The molecule has 22 heavy (non-hydrogen) atoms. The fourth-order valence-electron chi connectivity index (χ4n) is 2.24. The summed E-state index contributed by atoms with van der Waals surface area (Å²) in [6, 6.07) is 3.90. The second-order valence-electron chi connectivity index (χ2n) is 4.82. The van der Waals surface area contributed by atoms with Gasteiger partial charge in [-0.1, -0.05) is 17.4 Å². The maximum atomic E-state index is 12.2. The van der Waals surface area contributed by atoms with Crippen LogP contribution in [0, 0.1) is 6.92 Å². The van der Waals surface area contributed by atoms with E-state index in [1.54, 1.807) is 7.11 Å². The number of fused-ring (bicyclic) bond motifs is 1. The van der Waals surface area contributed by atoms with Crippen LogP contribution in [0.25, 0.3) is 10.2 Å². The summed E-state index contributed by atoms with van der Waals surface area (Å²) in [6.45, 7) is 2.83. The minimum atomic E-state index is -0.446. The first-order valence-corrected chi connectivity index (χ1v) is 7.60. The highest BCUT2D eigenvalue weighted by atomic mass is 32.1. The summed E-state index contributed by atoms with van der Waals surface area (Å²) in [4.78, 5) is 16.9. The van der Waals surface area contributed by atoms with Gasteiger partial charge in [-0.15, -0.1) is 0 Å². The van der Waals surface area contributed by atoms with Gasteiger partial charge in [-0.25, -0.2) is 0 Å². The quantitative estimate of drug-likeness (QED) is 0.847. The molecule has 3 rings (SSSR count). The van der Waals surface area contributed by atoms with Crippen LogP contribution >= 0.6 is 11.3 Å². The Balaban J connectivity index is 2.13. The Morgan fingerprint density at radius 2 is 2.23 bits per heavy atom. The molecule has 0 fully saturated rings. The summed E-state index contributed by atoms with van der Waals surface area (Å²) in [7, 11) is 3.49. The highest BCUT2D eigenvalue weighted by Gasteiger charge is 2.16. The highest BCUT2D eigenvalue weighted by molar-refractivity contribution is 7.16. The number of hydrogen-bond donors (Lipinski definition) is 0. The van der Waals surface area contributed by atoms with Gasteiger partial charge in [0.15, 0.2) is 4.80 Å². The number of methoxy groups -OCH3 is 1. The van der Waals surface area contributed by atoms with Gasteiger partial charge in [0.2, 0.25) is 5.76 Å². The van der Waals surface area contributed by atoms with E-state index in [1.807, 2.05) is 30.7 Å². The predicted molar refractivity (Wildman–Crippen MR) is 82.6 cm³/mol. The molecular weight excluding hydrogens is 304 g/mol. The largest absolute Gasteiger partial charge is 0.495 e. The fraction of sp³-hybridized carbons (Fsp3) is 0.333. The molecule has 0 N–H and O–H groups in total. The average Bonchev–Trinajstić information content (AvgIpc) is 2.87. The summed E-state index contributed by atoms with van der Waals surface area (Å²) in [5, 5.41) is 0. The second-order valence-corrected chi connectivity index (χ2v) is 5.80. The molecule has 1 aliphatic rings. The number of carbonyl (C=O) groups excluding carboxylic acids is 1. The van der Waals surface area contributed by atoms with E-state index in [4.69, 9.17) is 14.2 Å². The van der Waals surface area contributed by atoms with Crippen molar-refractivity contribution in [2.24, 2.45) is 12.0 Å². The minimum Gasteiger partial charge on any atom is -0.495 e. The van der Waals surface area contributed by atoms with Crippen molar-refractivity contribution in [1.82, 2.24) is 4.57 Å². The van der Waals surface area contributed by atoms with Gasteiger partial charge in [-0.3, -0.25) is 4.79 Å². The Morgan fingerprint density at radius 3 is 2.91 bits per heavy atom. The van der Waals surface area contributed by atoms with E-state index in [1.165, 1.54) is 17.6 Å². The Labute approximate surface area is 131 Å². The van der Waals surface area contributed by atoms with Crippen LogP contribution in [-0.2, 0) is 21.3 Å². The zero-order valence-electron chi connectivity index (χ0n) is 12.6. The molecule has 0 radical (unpaired) electrons. The first kappa shape index (κ1) is 14.6. The Morgan fingerprint density at radius 1 is 1.41 bits per heavy atom. The van der Waals surface area contributed by atoms with Gasteiger partial charge in [0, 0.05) is 7.05 Å². The lowest BCUT2D eigenvalue weighted by Crippen LogP contribution is -2.18. The molecule has 2 aromatic rings. The van der Waals surface area contributed by atoms with Crippen molar-refractivity contribution in [2.45, 2.75) is 6.92 Å². The predicted octanol–water partition coefficient (Wildman–Crippen LogP) is 1.87. The molecule has 0 spiro atoms. The lowest BCUT2D eigenvalue weighted by Gasteiger charge is -2.12. The molecule has 0 atom stereocenters. The van der Waals surface area contributed by atoms with Crippen LogP contribution in [0.4, 0.5) is 0 Å². The zero-order valence-corrected chi connectivity index (χ0v) is 13.4. The van der Waals surface area contributed by atoms with Crippen molar-refractivity contribution >= 4 is 27.5 Å². The number of carbonyl (C=O) groups is 1. The SMILES string of the molecule is COc1ccc(C)c2sc(=NC(=O)C3=COCCO3)n(C)c12. The van der Waals surface area contributed by atoms with E-state index in [2.05, 4.69) is 4.99 Å². The van der Waals surface area contributed by atoms with Gasteiger partial charge in [0.05, 0.1) is 11.8 Å². The van der Waals surface area contributed by atoms with Crippen molar-refractivity contribution in [2.75, 3.05) is 20.3 Å². The van der Waals surface area contributed by atoms with Crippen molar-refractivity contribution in [3.63, 3.8) is 0 Å². The van der Waals surface area contributed by atoms with Gasteiger partial charge in [-0.05, 0) is 18.6 Å². The van der Waals surface area contributed by atoms with Crippen LogP contribution in [0.1, 0.15) is 5.56 Å². The van der Waals surface area contributed by atoms with E-state index < -0.39 is 5.91 Å². The van der Waals surface area contributed by atoms with Crippen LogP contribution in [0.2, 0.25) is 0 Å². The van der Waals surface area contributed by atoms with E-state index >= 15 is 0 Å². The molecule has 1 aromatic heterocycles. The normalized spacial score (nSPS) is 15.2. The summed E-state index contributed by atoms with van der Waals surface area (Å²) in [6.07, 6.45) is 1.31. The molecule has 0 aliphatic carbocycles. The van der Waals surface area contributed by atoms with Crippen LogP contribution in [0.15, 0.2) is 29.1 Å². The third-order valence-electron chi connectivity index (χ3n) is 3.38. The number of rotatable bonds is 2. The minimum absolute atomic E-state index is 0.132. The summed E-state index contributed by atoms with van der Waals surface area (Å²) < 4.78 is 18.7. The highest BCUT2D eigenvalue weighted by Crippen LogP contribution is 2.29. The second kappa shape index (κ2) is 5.84. The third-order valence-corrected chi connectivity index (χ3v) is 4.65. The summed E-state index contributed by atoms with van der Waals surface area (Å²) >= 11 is 1.44. The summed E-state index contributed by atoms with van der Waals surface area (Å²) in [5.74, 6) is 0.440. The zero-order chi connectivity index (χ0) is 15.7. The topological polar surface area (TPSA) is 62.1 Å². The average molecular weight is 320 g/mol. The lowest BCUT2D eigenvalue weighted by atomic mass is 10.2. The van der Waals surface area contributed by atoms with Gasteiger partial charge < -0.3 is 18.8 Å². The first-order chi connectivity index (χ1) is 10.6. The number of aryl methyl sites for hydroxylation is 2. The number of ether oxygens (including phenoxy) is 3. The van der Waals surface area contributed by atoms with Crippen LogP contribution in [0.5, 0.6) is 5.75 Å². The number of nitrogens with zero attached hydrogens (tertiary/aromatic N) is 2. The molecule has 2 heterocycles. The molecule has 6 nitrogen and oxygen atoms in total. The van der Waals surface area contributed by atoms with Crippen molar-refractivity contribution in [1.29, 1.82) is 0 Å². The van der Waals surface area contributed by atoms with Gasteiger partial charge in [0.25, 0.3) is 0 Å². The Hall–Kier alpha value is -2.28. The van der Waals surface area contributed by atoms with Crippen molar-refractivity contribution in [3.05, 3.63) is 34.5 Å². The standard InChI is InChI=1S/C15H16N2O4S/c1-9-4-5-10(19-3)12-13(9)22-15(17(12)2)16-14(18)11-8-20-6-7-21-11/h4-5,8H,6-7H2,1-3H3. The smallest absolute Gasteiger partial charge is 0.317 e. The maximum Gasteiger partial charge on any atom is 0.317 e. The van der Waals surface area contributed by atoms with Gasteiger partial charge in [0.1, 0.15) is 30.7 Å². The number of thiazole rings is 1. The molecular formula is C15H16N2O4S. The molecule has 116 valence electrons. The molecule has 0 saturated carbocycles. The Kier molecular flexibility index (Phi) is 3.89. The molecule has 0 bridgehead atoms.